The normalized spacial score (nSPS) is 19.8. The van der Waals surface area contributed by atoms with E-state index in [9.17, 15) is 4.79 Å². The molecule has 0 saturated carbocycles. The molecule has 0 unspecified atom stereocenters. The van der Waals surface area contributed by atoms with Crippen LogP contribution in [0, 0.1) is 5.92 Å². The molecule has 80 valence electrons. The Hall–Kier alpha value is -1.89. The molecule has 0 saturated heterocycles. The molecule has 1 aromatic carbocycles. The molecular weight excluding hydrogens is 196 g/mol. The highest BCUT2D eigenvalue weighted by atomic mass is 16.1. The van der Waals surface area contributed by atoms with Crippen LogP contribution in [0.1, 0.15) is 12.0 Å². The van der Waals surface area contributed by atoms with Crippen molar-refractivity contribution in [3.8, 4) is 0 Å². The minimum atomic E-state index is 0.317. The van der Waals surface area contributed by atoms with Crippen LogP contribution in [-0.2, 0) is 4.79 Å². The van der Waals surface area contributed by atoms with Gasteiger partial charge in [0.15, 0.2) is 0 Å². The van der Waals surface area contributed by atoms with Gasteiger partial charge in [-0.05, 0) is 23.6 Å². The van der Waals surface area contributed by atoms with Crippen LogP contribution >= 0.6 is 0 Å². The van der Waals surface area contributed by atoms with Crippen LogP contribution in [0.2, 0.25) is 0 Å². The summed E-state index contributed by atoms with van der Waals surface area (Å²) in [6, 6.07) is 10.1. The largest absolute Gasteiger partial charge is 0.299 e. The van der Waals surface area contributed by atoms with Gasteiger partial charge in [0, 0.05) is 5.92 Å². The van der Waals surface area contributed by atoms with Gasteiger partial charge in [-0.25, -0.2) is 0 Å². The molecule has 1 atom stereocenters. The average Bonchev–Trinajstić information content (AvgIpc) is 2.38. The third-order valence-electron chi connectivity index (χ3n) is 2.73. The fourth-order valence-corrected chi connectivity index (χ4v) is 1.95. The molecule has 16 heavy (non-hydrogen) atoms. The summed E-state index contributed by atoms with van der Waals surface area (Å²) in [5.41, 5.74) is 2.22. The van der Waals surface area contributed by atoms with Crippen molar-refractivity contribution in [1.29, 1.82) is 0 Å². The maximum absolute atomic E-state index is 10.7. The second-order valence-electron chi connectivity index (χ2n) is 3.78. The topological polar surface area (TPSA) is 17.1 Å². The van der Waals surface area contributed by atoms with Crippen LogP contribution in [-0.4, -0.2) is 6.29 Å². The number of allylic oxidation sites excluding steroid dienone is 6. The van der Waals surface area contributed by atoms with Crippen molar-refractivity contribution in [3.05, 3.63) is 66.3 Å². The summed E-state index contributed by atoms with van der Waals surface area (Å²) >= 11 is 0. The summed E-state index contributed by atoms with van der Waals surface area (Å²) in [4.78, 5) is 10.7. The quantitative estimate of drug-likeness (QED) is 0.552. The third kappa shape index (κ3) is 2.37. The summed E-state index contributed by atoms with van der Waals surface area (Å²) in [6.45, 7) is 0. The molecule has 1 aromatic rings. The summed E-state index contributed by atoms with van der Waals surface area (Å²) in [7, 11) is 0. The molecule has 0 fully saturated rings. The van der Waals surface area contributed by atoms with Gasteiger partial charge in [-0.15, -0.1) is 0 Å². The number of carbonyl (C=O) groups excluding carboxylic acids is 1. The van der Waals surface area contributed by atoms with E-state index in [2.05, 4.69) is 12.2 Å². The first-order valence-corrected chi connectivity index (χ1v) is 5.46. The maximum Gasteiger partial charge on any atom is 0.143 e. The van der Waals surface area contributed by atoms with E-state index in [-0.39, 0.29) is 0 Å². The van der Waals surface area contributed by atoms with Crippen molar-refractivity contribution in [2.24, 2.45) is 5.92 Å². The van der Waals surface area contributed by atoms with Crippen LogP contribution in [0.4, 0.5) is 0 Å². The second-order valence-corrected chi connectivity index (χ2v) is 3.78. The van der Waals surface area contributed by atoms with E-state index in [0.29, 0.717) is 5.92 Å². The smallest absolute Gasteiger partial charge is 0.143 e. The molecule has 0 aromatic heterocycles. The number of benzene rings is 1. The van der Waals surface area contributed by atoms with E-state index in [0.717, 1.165) is 23.8 Å². The van der Waals surface area contributed by atoms with E-state index in [4.69, 9.17) is 0 Å². The molecule has 0 aliphatic heterocycles. The minimum Gasteiger partial charge on any atom is -0.299 e. The van der Waals surface area contributed by atoms with Gasteiger partial charge in [-0.2, -0.15) is 0 Å². The zero-order chi connectivity index (χ0) is 11.2. The first-order valence-electron chi connectivity index (χ1n) is 5.46. The molecule has 1 aliphatic carbocycles. The molecule has 1 aliphatic rings. The Morgan fingerprint density at radius 2 is 2.00 bits per heavy atom. The van der Waals surface area contributed by atoms with Crippen molar-refractivity contribution in [2.75, 3.05) is 0 Å². The van der Waals surface area contributed by atoms with Gasteiger partial charge in [0.05, 0.1) is 0 Å². The highest BCUT2D eigenvalue weighted by Gasteiger charge is 2.12. The summed E-state index contributed by atoms with van der Waals surface area (Å²) in [5.74, 6) is 0.317. The number of hydrogen-bond donors (Lipinski definition) is 0. The number of rotatable bonds is 3. The minimum absolute atomic E-state index is 0.317. The molecule has 0 bridgehead atoms. The molecule has 0 amide bonds. The first kappa shape index (κ1) is 10.6. The lowest BCUT2D eigenvalue weighted by Gasteiger charge is -2.17. The molecule has 0 spiro atoms. The Balaban J connectivity index is 2.32. The van der Waals surface area contributed by atoms with Crippen LogP contribution in [0.25, 0.3) is 5.57 Å². The van der Waals surface area contributed by atoms with E-state index in [1.165, 1.54) is 0 Å². The van der Waals surface area contributed by atoms with Gasteiger partial charge in [0.25, 0.3) is 0 Å². The second kappa shape index (κ2) is 5.26. The number of aldehydes is 1. The predicted molar refractivity (Wildman–Crippen MR) is 66.9 cm³/mol. The van der Waals surface area contributed by atoms with Gasteiger partial charge >= 0.3 is 0 Å². The highest BCUT2D eigenvalue weighted by Crippen LogP contribution is 2.28. The predicted octanol–water partition coefficient (Wildman–Crippen LogP) is 3.40. The van der Waals surface area contributed by atoms with E-state index in [1.54, 1.807) is 6.08 Å². The zero-order valence-electron chi connectivity index (χ0n) is 9.04. The van der Waals surface area contributed by atoms with E-state index in [1.807, 2.05) is 42.5 Å². The van der Waals surface area contributed by atoms with Crippen LogP contribution < -0.4 is 0 Å². The summed E-state index contributed by atoms with van der Waals surface area (Å²) in [5, 5.41) is 0. The van der Waals surface area contributed by atoms with Gasteiger partial charge in [0.1, 0.15) is 6.29 Å². The average molecular weight is 210 g/mol. The monoisotopic (exact) mass is 210 g/mol. The van der Waals surface area contributed by atoms with Crippen LogP contribution in [0.5, 0.6) is 0 Å². The lowest BCUT2D eigenvalue weighted by atomic mass is 9.87. The molecule has 0 radical (unpaired) electrons. The van der Waals surface area contributed by atoms with Gasteiger partial charge in [0.2, 0.25) is 0 Å². The fraction of sp³-hybridized carbons (Fsp3) is 0.133. The van der Waals surface area contributed by atoms with Crippen molar-refractivity contribution >= 4 is 11.9 Å². The standard InChI is InChI=1S/C15H14O/c16-12-11-15(13-7-3-1-4-8-13)14-9-5-2-6-10-14/h1-9,11-12,14H,10H2/b15-11+/t14-/m1/s1. The summed E-state index contributed by atoms with van der Waals surface area (Å²) < 4.78 is 0. The first-order chi connectivity index (χ1) is 7.92. The molecule has 1 heteroatoms. The fourth-order valence-electron chi connectivity index (χ4n) is 1.95. The van der Waals surface area contributed by atoms with E-state index >= 15 is 0 Å². The third-order valence-corrected chi connectivity index (χ3v) is 2.73. The zero-order valence-corrected chi connectivity index (χ0v) is 9.04. The Labute approximate surface area is 95.8 Å². The maximum atomic E-state index is 10.7. The van der Waals surface area contributed by atoms with Crippen molar-refractivity contribution in [1.82, 2.24) is 0 Å². The van der Waals surface area contributed by atoms with Crippen molar-refractivity contribution in [3.63, 3.8) is 0 Å². The van der Waals surface area contributed by atoms with Gasteiger partial charge in [-0.1, -0.05) is 54.6 Å². The van der Waals surface area contributed by atoms with Gasteiger partial charge < -0.3 is 0 Å². The summed E-state index contributed by atoms with van der Waals surface area (Å²) in [6.07, 6.45) is 11.9. The molecule has 0 heterocycles. The lowest BCUT2D eigenvalue weighted by molar-refractivity contribution is -0.104. The Kier molecular flexibility index (Phi) is 3.50. The Morgan fingerprint density at radius 1 is 1.19 bits per heavy atom. The van der Waals surface area contributed by atoms with Crippen molar-refractivity contribution < 1.29 is 4.79 Å². The molecule has 0 N–H and O–H groups in total. The SMILES string of the molecule is O=C/C=C(\c1ccccc1)[C@@H]1C=CC=CC1. The number of hydrogen-bond acceptors (Lipinski definition) is 1. The molecular formula is C15H14O. The van der Waals surface area contributed by atoms with Crippen LogP contribution in [0.15, 0.2) is 60.7 Å². The molecule has 2 rings (SSSR count). The van der Waals surface area contributed by atoms with E-state index < -0.39 is 0 Å². The highest BCUT2D eigenvalue weighted by molar-refractivity contribution is 5.83. The van der Waals surface area contributed by atoms with Crippen LogP contribution in [0.3, 0.4) is 0 Å². The Bertz CT molecular complexity index is 438. The lowest BCUT2D eigenvalue weighted by Crippen LogP contribution is -2.01. The van der Waals surface area contributed by atoms with Gasteiger partial charge in [-0.3, -0.25) is 4.79 Å². The molecule has 1 nitrogen and oxygen atoms in total. The van der Waals surface area contributed by atoms with Crippen molar-refractivity contribution in [2.45, 2.75) is 6.42 Å². The Morgan fingerprint density at radius 3 is 2.62 bits per heavy atom. The number of carbonyl (C=O) groups is 1.